The Labute approximate surface area is 206 Å². The minimum absolute atomic E-state index is 0. The van der Waals surface area contributed by atoms with Crippen molar-refractivity contribution in [2.75, 3.05) is 64.4 Å². The normalized spacial score (nSPS) is 20.9. The Balaban J connectivity index is 0.00000341. The van der Waals surface area contributed by atoms with Crippen molar-refractivity contribution in [3.63, 3.8) is 0 Å². The monoisotopic (exact) mass is 543 g/mol. The molecule has 7 heteroatoms. The summed E-state index contributed by atoms with van der Waals surface area (Å²) < 4.78 is 5.21. The van der Waals surface area contributed by atoms with Crippen LogP contribution in [0.15, 0.2) is 29.3 Å². The van der Waals surface area contributed by atoms with Crippen LogP contribution in [0.25, 0.3) is 0 Å². The Hall–Kier alpha value is -1.06. The fraction of sp³-hybridized carbons (Fsp3) is 0.708. The van der Waals surface area contributed by atoms with E-state index >= 15 is 0 Å². The zero-order valence-electron chi connectivity index (χ0n) is 19.6. The fourth-order valence-corrected chi connectivity index (χ4v) is 4.43. The maximum absolute atomic E-state index is 5.21. The summed E-state index contributed by atoms with van der Waals surface area (Å²) >= 11 is 0. The van der Waals surface area contributed by atoms with Crippen molar-refractivity contribution in [1.82, 2.24) is 15.5 Å². The minimum Gasteiger partial charge on any atom is -0.383 e. The summed E-state index contributed by atoms with van der Waals surface area (Å²) in [6.45, 7) is 12.5. The lowest BCUT2D eigenvalue weighted by molar-refractivity contribution is 0.121. The lowest BCUT2D eigenvalue weighted by Crippen LogP contribution is -2.51. The zero-order valence-corrected chi connectivity index (χ0v) is 21.9. The molecule has 176 valence electrons. The number of piperidine rings is 2. The van der Waals surface area contributed by atoms with Crippen LogP contribution in [0.3, 0.4) is 0 Å². The lowest BCUT2D eigenvalue weighted by Gasteiger charge is -2.35. The van der Waals surface area contributed by atoms with E-state index in [4.69, 9.17) is 9.73 Å². The van der Waals surface area contributed by atoms with Gasteiger partial charge in [0.15, 0.2) is 5.96 Å². The van der Waals surface area contributed by atoms with Gasteiger partial charge in [-0.25, -0.2) is 0 Å². The van der Waals surface area contributed by atoms with Crippen LogP contribution < -0.4 is 15.5 Å². The molecule has 3 rings (SSSR count). The molecule has 0 aromatic heterocycles. The quantitative estimate of drug-likeness (QED) is 0.299. The predicted octanol–water partition coefficient (Wildman–Crippen LogP) is 3.50. The van der Waals surface area contributed by atoms with Gasteiger partial charge in [-0.15, -0.1) is 24.0 Å². The van der Waals surface area contributed by atoms with Gasteiger partial charge in [0.05, 0.1) is 6.61 Å². The number of aliphatic imine (C=N–C) groups is 1. The third-order valence-electron chi connectivity index (χ3n) is 6.33. The molecule has 0 aliphatic carbocycles. The average Bonchev–Trinajstić information content (AvgIpc) is 2.77. The number of hydrogen-bond acceptors (Lipinski definition) is 4. The van der Waals surface area contributed by atoms with E-state index in [1.807, 2.05) is 0 Å². The van der Waals surface area contributed by atoms with Crippen molar-refractivity contribution >= 4 is 35.6 Å². The topological polar surface area (TPSA) is 52.1 Å². The van der Waals surface area contributed by atoms with Gasteiger partial charge in [0.1, 0.15) is 0 Å². The number of guanidine groups is 1. The predicted molar refractivity (Wildman–Crippen MR) is 142 cm³/mol. The molecule has 2 heterocycles. The van der Waals surface area contributed by atoms with E-state index in [0.29, 0.717) is 12.0 Å². The highest BCUT2D eigenvalue weighted by Crippen LogP contribution is 2.21. The van der Waals surface area contributed by atoms with Gasteiger partial charge in [-0.1, -0.05) is 17.7 Å². The number of rotatable bonds is 8. The highest BCUT2D eigenvalue weighted by molar-refractivity contribution is 14.0. The smallest absolute Gasteiger partial charge is 0.191 e. The first-order valence-electron chi connectivity index (χ1n) is 11.8. The number of benzene rings is 1. The Morgan fingerprint density at radius 2 is 1.87 bits per heavy atom. The molecular formula is C24H42IN5O. The van der Waals surface area contributed by atoms with Gasteiger partial charge in [-0.3, -0.25) is 4.99 Å². The molecule has 31 heavy (non-hydrogen) atoms. The summed E-state index contributed by atoms with van der Waals surface area (Å²) in [5.74, 6) is 1.67. The molecule has 2 fully saturated rings. The van der Waals surface area contributed by atoms with E-state index in [1.54, 1.807) is 7.11 Å². The maximum atomic E-state index is 5.21. The number of aryl methyl sites for hydroxylation is 1. The van der Waals surface area contributed by atoms with E-state index < -0.39 is 0 Å². The number of methoxy groups -OCH3 is 1. The number of nitrogens with zero attached hydrogens (tertiary/aromatic N) is 3. The highest BCUT2D eigenvalue weighted by Gasteiger charge is 2.22. The SMILES string of the molecule is CCNC(=NCC1CCN(CCOC)CC1)NC1CCCN(c2ccc(C)cc2)C1.I. The number of ether oxygens (including phenoxy) is 1. The molecule has 0 bridgehead atoms. The first-order valence-corrected chi connectivity index (χ1v) is 11.8. The van der Waals surface area contributed by atoms with Gasteiger partial charge in [0.25, 0.3) is 0 Å². The second kappa shape index (κ2) is 14.2. The first-order chi connectivity index (χ1) is 14.7. The molecule has 0 radical (unpaired) electrons. The summed E-state index contributed by atoms with van der Waals surface area (Å²) in [5.41, 5.74) is 2.64. The van der Waals surface area contributed by atoms with Crippen LogP contribution >= 0.6 is 24.0 Å². The Bertz CT molecular complexity index is 646. The Kier molecular flexibility index (Phi) is 12.0. The van der Waals surface area contributed by atoms with Crippen molar-refractivity contribution < 1.29 is 4.74 Å². The van der Waals surface area contributed by atoms with Gasteiger partial charge < -0.3 is 25.2 Å². The van der Waals surface area contributed by atoms with E-state index in [1.165, 1.54) is 50.0 Å². The van der Waals surface area contributed by atoms with E-state index in [9.17, 15) is 0 Å². The van der Waals surface area contributed by atoms with Crippen LogP contribution in [0, 0.1) is 12.8 Å². The lowest BCUT2D eigenvalue weighted by atomic mass is 9.97. The molecule has 2 N–H and O–H groups in total. The van der Waals surface area contributed by atoms with Gasteiger partial charge in [0.2, 0.25) is 0 Å². The van der Waals surface area contributed by atoms with Crippen molar-refractivity contribution in [2.45, 2.75) is 45.6 Å². The summed E-state index contributed by atoms with van der Waals surface area (Å²) in [6.07, 6.45) is 4.88. The number of nitrogens with one attached hydrogen (secondary N) is 2. The van der Waals surface area contributed by atoms with Crippen LogP contribution in [0.5, 0.6) is 0 Å². The fourth-order valence-electron chi connectivity index (χ4n) is 4.43. The molecule has 1 aromatic rings. The third kappa shape index (κ3) is 8.77. The first kappa shape index (κ1) is 26.2. The van der Waals surface area contributed by atoms with Crippen LogP contribution in [0.1, 0.15) is 38.2 Å². The van der Waals surface area contributed by atoms with Crippen molar-refractivity contribution in [2.24, 2.45) is 10.9 Å². The Morgan fingerprint density at radius 1 is 1.13 bits per heavy atom. The van der Waals surface area contributed by atoms with E-state index in [-0.39, 0.29) is 24.0 Å². The molecule has 1 unspecified atom stereocenters. The minimum atomic E-state index is 0. The van der Waals surface area contributed by atoms with Gasteiger partial charge in [-0.05, 0) is 70.7 Å². The van der Waals surface area contributed by atoms with Gasteiger partial charge in [0, 0.05) is 51.6 Å². The second-order valence-corrected chi connectivity index (χ2v) is 8.76. The molecule has 0 amide bonds. The number of anilines is 1. The number of likely N-dealkylation sites (tertiary alicyclic amines) is 1. The summed E-state index contributed by atoms with van der Waals surface area (Å²) in [6, 6.07) is 9.34. The summed E-state index contributed by atoms with van der Waals surface area (Å²) in [7, 11) is 1.78. The van der Waals surface area contributed by atoms with Gasteiger partial charge in [-0.2, -0.15) is 0 Å². The van der Waals surface area contributed by atoms with Crippen molar-refractivity contribution in [3.8, 4) is 0 Å². The number of halogens is 1. The largest absolute Gasteiger partial charge is 0.383 e. The van der Waals surface area contributed by atoms with Crippen molar-refractivity contribution in [3.05, 3.63) is 29.8 Å². The zero-order chi connectivity index (χ0) is 21.2. The highest BCUT2D eigenvalue weighted by atomic mass is 127. The van der Waals surface area contributed by atoms with Crippen LogP contribution in [0.2, 0.25) is 0 Å². The average molecular weight is 544 g/mol. The summed E-state index contributed by atoms with van der Waals surface area (Å²) in [4.78, 5) is 9.97. The van der Waals surface area contributed by atoms with E-state index in [0.717, 1.165) is 45.3 Å². The summed E-state index contributed by atoms with van der Waals surface area (Å²) in [5, 5.41) is 7.18. The van der Waals surface area contributed by atoms with Crippen molar-refractivity contribution in [1.29, 1.82) is 0 Å². The van der Waals surface area contributed by atoms with E-state index in [2.05, 4.69) is 58.5 Å². The standard InChI is InChI=1S/C24H41N5O.HI/c1-4-25-24(26-18-21-11-14-28(15-12-21)16-17-30-3)27-22-6-5-13-29(19-22)23-9-7-20(2)8-10-23;/h7-10,21-22H,4-6,11-19H2,1-3H3,(H2,25,26,27);1H. The molecule has 0 saturated carbocycles. The molecule has 1 aromatic carbocycles. The van der Waals surface area contributed by atoms with Crippen LogP contribution in [-0.2, 0) is 4.74 Å². The molecule has 6 nitrogen and oxygen atoms in total. The second-order valence-electron chi connectivity index (χ2n) is 8.76. The molecule has 1 atom stereocenters. The molecule has 2 aliphatic rings. The molecular weight excluding hydrogens is 501 g/mol. The third-order valence-corrected chi connectivity index (χ3v) is 6.33. The number of hydrogen-bond donors (Lipinski definition) is 2. The molecule has 2 aliphatic heterocycles. The van der Waals surface area contributed by atoms with Crippen LogP contribution in [0.4, 0.5) is 5.69 Å². The Morgan fingerprint density at radius 3 is 2.55 bits per heavy atom. The van der Waals surface area contributed by atoms with Crippen LogP contribution in [-0.4, -0.2) is 76.4 Å². The molecule has 2 saturated heterocycles. The maximum Gasteiger partial charge on any atom is 0.191 e. The molecule has 0 spiro atoms. The van der Waals surface area contributed by atoms with Gasteiger partial charge >= 0.3 is 0 Å².